The highest BCUT2D eigenvalue weighted by molar-refractivity contribution is 5.93. The van der Waals surface area contributed by atoms with E-state index in [1.807, 2.05) is 0 Å². The molecule has 0 aromatic carbocycles. The standard InChI is InChI=1S/C24H36O2/c1-4-5-6-7-16-15-24(3)17(14-21(16)25)8-9-18-19-10-11-22(26)23(19,2)13-12-20(18)24/h14,16,18-20H,4-13,15H2,1-3H3/t16-,18+,19+,20+,23+,24+/m1/s1. The van der Waals surface area contributed by atoms with Crippen LogP contribution in [0.25, 0.3) is 0 Å². The predicted molar refractivity (Wildman–Crippen MR) is 105 cm³/mol. The first kappa shape index (κ1) is 18.4. The van der Waals surface area contributed by atoms with E-state index < -0.39 is 0 Å². The third-order valence-corrected chi connectivity index (χ3v) is 8.99. The molecule has 4 aliphatic rings. The molecule has 0 spiro atoms. The minimum Gasteiger partial charge on any atom is -0.299 e. The molecule has 0 unspecified atom stereocenters. The SMILES string of the molecule is CCCCC[C@@H]1C[C@@]2(C)C(=CC1=O)CC[C@@H]1[C@@H]2CC[C@]2(C)C(=O)CC[C@@H]12. The lowest BCUT2D eigenvalue weighted by atomic mass is 9.46. The number of ketones is 2. The van der Waals surface area contributed by atoms with Crippen molar-refractivity contribution < 1.29 is 9.59 Å². The molecule has 6 atom stereocenters. The van der Waals surface area contributed by atoms with Gasteiger partial charge in [-0.25, -0.2) is 0 Å². The molecule has 3 saturated carbocycles. The first-order valence-electron chi connectivity index (χ1n) is 11.2. The molecule has 2 heteroatoms. The van der Waals surface area contributed by atoms with Gasteiger partial charge in [0.1, 0.15) is 5.78 Å². The van der Waals surface area contributed by atoms with E-state index in [4.69, 9.17) is 0 Å². The van der Waals surface area contributed by atoms with Crippen molar-refractivity contribution in [1.82, 2.24) is 0 Å². The third kappa shape index (κ3) is 2.66. The van der Waals surface area contributed by atoms with Crippen LogP contribution in [0, 0.1) is 34.5 Å². The van der Waals surface area contributed by atoms with Crippen molar-refractivity contribution >= 4 is 11.6 Å². The number of rotatable bonds is 4. The number of hydrogen-bond donors (Lipinski definition) is 0. The van der Waals surface area contributed by atoms with Gasteiger partial charge in [-0.2, -0.15) is 0 Å². The average Bonchev–Trinajstić information content (AvgIpc) is 2.91. The maximum Gasteiger partial charge on any atom is 0.158 e. The topological polar surface area (TPSA) is 34.1 Å². The minimum absolute atomic E-state index is 0.0379. The van der Waals surface area contributed by atoms with Crippen molar-refractivity contribution in [2.24, 2.45) is 34.5 Å². The molecule has 0 aromatic heterocycles. The quantitative estimate of drug-likeness (QED) is 0.588. The van der Waals surface area contributed by atoms with Crippen LogP contribution in [0.15, 0.2) is 11.6 Å². The van der Waals surface area contributed by atoms with E-state index in [1.165, 1.54) is 37.7 Å². The van der Waals surface area contributed by atoms with Crippen LogP contribution in [0.5, 0.6) is 0 Å². The number of unbranched alkanes of at least 4 members (excludes halogenated alkanes) is 2. The Kier molecular flexibility index (Phi) is 4.68. The summed E-state index contributed by atoms with van der Waals surface area (Å²) in [6.07, 6.45) is 14.3. The lowest BCUT2D eigenvalue weighted by molar-refractivity contribution is -0.133. The third-order valence-electron chi connectivity index (χ3n) is 8.99. The zero-order chi connectivity index (χ0) is 18.5. The molecule has 0 heterocycles. The molecule has 0 N–H and O–H groups in total. The Morgan fingerprint density at radius 1 is 1.00 bits per heavy atom. The van der Waals surface area contributed by atoms with Crippen molar-refractivity contribution in [3.8, 4) is 0 Å². The molecular weight excluding hydrogens is 320 g/mol. The van der Waals surface area contributed by atoms with Gasteiger partial charge in [0.05, 0.1) is 0 Å². The Morgan fingerprint density at radius 3 is 2.54 bits per heavy atom. The molecule has 3 fully saturated rings. The van der Waals surface area contributed by atoms with Crippen LogP contribution >= 0.6 is 0 Å². The zero-order valence-electron chi connectivity index (χ0n) is 17.0. The predicted octanol–water partition coefficient (Wildman–Crippen LogP) is 5.89. The summed E-state index contributed by atoms with van der Waals surface area (Å²) in [7, 11) is 0. The number of allylic oxidation sites excluding steroid dienone is 1. The Morgan fingerprint density at radius 2 is 1.77 bits per heavy atom. The van der Waals surface area contributed by atoms with Crippen LogP contribution in [-0.2, 0) is 9.59 Å². The number of fused-ring (bicyclic) bond motifs is 5. The van der Waals surface area contributed by atoms with Gasteiger partial charge in [0.2, 0.25) is 0 Å². The van der Waals surface area contributed by atoms with Crippen LogP contribution in [-0.4, -0.2) is 11.6 Å². The van der Waals surface area contributed by atoms with E-state index in [2.05, 4.69) is 26.8 Å². The second-order valence-electron chi connectivity index (χ2n) is 10.2. The maximum atomic E-state index is 12.7. The van der Waals surface area contributed by atoms with E-state index in [-0.39, 0.29) is 16.7 Å². The molecule has 0 amide bonds. The van der Waals surface area contributed by atoms with Gasteiger partial charge in [-0.1, -0.05) is 45.6 Å². The summed E-state index contributed by atoms with van der Waals surface area (Å²) in [6, 6.07) is 0. The van der Waals surface area contributed by atoms with Gasteiger partial charge in [0.15, 0.2) is 5.78 Å². The molecule has 0 bridgehead atoms. The fourth-order valence-electron chi connectivity index (χ4n) is 7.40. The smallest absolute Gasteiger partial charge is 0.158 e. The summed E-state index contributed by atoms with van der Waals surface area (Å²) in [4.78, 5) is 25.3. The van der Waals surface area contributed by atoms with Gasteiger partial charge < -0.3 is 0 Å². The molecule has 0 aliphatic heterocycles. The highest BCUT2D eigenvalue weighted by atomic mass is 16.1. The fraction of sp³-hybridized carbons (Fsp3) is 0.833. The van der Waals surface area contributed by atoms with E-state index in [0.29, 0.717) is 29.3 Å². The lowest BCUT2D eigenvalue weighted by Crippen LogP contribution is -2.51. The van der Waals surface area contributed by atoms with Crippen LogP contribution in [0.4, 0.5) is 0 Å². The number of hydrogen-bond acceptors (Lipinski definition) is 2. The van der Waals surface area contributed by atoms with Gasteiger partial charge in [-0.15, -0.1) is 0 Å². The number of carbonyl (C=O) groups is 2. The minimum atomic E-state index is -0.0379. The number of carbonyl (C=O) groups excluding carboxylic acids is 2. The number of Topliss-reactive ketones (excluding diaryl/α,β-unsaturated/α-hetero) is 1. The summed E-state index contributed by atoms with van der Waals surface area (Å²) in [6.45, 7) is 6.96. The molecule has 26 heavy (non-hydrogen) atoms. The molecule has 2 nitrogen and oxygen atoms in total. The summed E-state index contributed by atoms with van der Waals surface area (Å²) >= 11 is 0. The highest BCUT2D eigenvalue weighted by Gasteiger charge is 2.59. The van der Waals surface area contributed by atoms with Crippen molar-refractivity contribution in [3.05, 3.63) is 11.6 Å². The molecule has 0 radical (unpaired) electrons. The molecule has 0 aromatic rings. The maximum absolute atomic E-state index is 12.7. The van der Waals surface area contributed by atoms with Gasteiger partial charge >= 0.3 is 0 Å². The van der Waals surface area contributed by atoms with Crippen molar-refractivity contribution in [2.45, 2.75) is 91.4 Å². The summed E-state index contributed by atoms with van der Waals surface area (Å²) in [5.74, 6) is 3.17. The Balaban J connectivity index is 1.59. The van der Waals surface area contributed by atoms with Gasteiger partial charge in [0, 0.05) is 17.8 Å². The van der Waals surface area contributed by atoms with E-state index in [9.17, 15) is 9.59 Å². The summed E-state index contributed by atoms with van der Waals surface area (Å²) in [5.41, 5.74) is 1.62. The van der Waals surface area contributed by atoms with Gasteiger partial charge in [-0.05, 0) is 74.2 Å². The zero-order valence-corrected chi connectivity index (χ0v) is 17.0. The van der Waals surface area contributed by atoms with Crippen LogP contribution < -0.4 is 0 Å². The Labute approximate surface area is 159 Å². The first-order chi connectivity index (χ1) is 12.4. The molecular formula is C24H36O2. The summed E-state index contributed by atoms with van der Waals surface area (Å²) in [5, 5.41) is 0. The van der Waals surface area contributed by atoms with Crippen LogP contribution in [0.1, 0.15) is 91.4 Å². The molecule has 4 rings (SSSR count). The van der Waals surface area contributed by atoms with Gasteiger partial charge in [0.25, 0.3) is 0 Å². The van der Waals surface area contributed by atoms with Gasteiger partial charge in [-0.3, -0.25) is 9.59 Å². The fourth-order valence-corrected chi connectivity index (χ4v) is 7.40. The second kappa shape index (κ2) is 6.60. The normalized spacial score (nSPS) is 45.0. The van der Waals surface area contributed by atoms with Crippen molar-refractivity contribution in [1.29, 1.82) is 0 Å². The van der Waals surface area contributed by atoms with Crippen molar-refractivity contribution in [3.63, 3.8) is 0 Å². The highest BCUT2D eigenvalue weighted by Crippen LogP contribution is 2.64. The molecule has 4 aliphatic carbocycles. The lowest BCUT2D eigenvalue weighted by Gasteiger charge is -2.57. The van der Waals surface area contributed by atoms with Crippen LogP contribution in [0.3, 0.4) is 0 Å². The monoisotopic (exact) mass is 356 g/mol. The largest absolute Gasteiger partial charge is 0.299 e. The van der Waals surface area contributed by atoms with E-state index in [0.717, 1.165) is 38.5 Å². The van der Waals surface area contributed by atoms with E-state index >= 15 is 0 Å². The first-order valence-corrected chi connectivity index (χ1v) is 11.2. The Hall–Kier alpha value is -0.920. The second-order valence-corrected chi connectivity index (χ2v) is 10.2. The van der Waals surface area contributed by atoms with Crippen molar-refractivity contribution in [2.75, 3.05) is 0 Å². The summed E-state index contributed by atoms with van der Waals surface area (Å²) < 4.78 is 0. The molecule has 144 valence electrons. The van der Waals surface area contributed by atoms with Crippen LogP contribution in [0.2, 0.25) is 0 Å². The average molecular weight is 357 g/mol. The Bertz CT molecular complexity index is 632. The van der Waals surface area contributed by atoms with E-state index in [1.54, 1.807) is 0 Å². The molecule has 0 saturated heterocycles.